The number of benzene rings is 2. The van der Waals surface area contributed by atoms with Crippen molar-refractivity contribution in [2.75, 3.05) is 0 Å². The summed E-state index contributed by atoms with van der Waals surface area (Å²) >= 11 is 3.39. The van der Waals surface area contributed by atoms with E-state index in [1.54, 1.807) is 12.1 Å². The van der Waals surface area contributed by atoms with Crippen LogP contribution in [0.5, 0.6) is 5.75 Å². The van der Waals surface area contributed by atoms with Crippen LogP contribution in [0.3, 0.4) is 0 Å². The maximum Gasteiger partial charge on any atom is 0.573 e. The van der Waals surface area contributed by atoms with E-state index in [-0.39, 0.29) is 5.75 Å². The van der Waals surface area contributed by atoms with E-state index in [0.717, 1.165) is 26.9 Å². The zero-order chi connectivity index (χ0) is 15.7. The molecule has 0 atom stereocenters. The number of rotatable bonds is 3. The minimum absolute atomic E-state index is 0.232. The number of halogens is 4. The summed E-state index contributed by atoms with van der Waals surface area (Å²) in [7, 11) is 0. The van der Waals surface area contributed by atoms with E-state index < -0.39 is 6.36 Å². The molecule has 0 bridgehead atoms. The van der Waals surface area contributed by atoms with Crippen molar-refractivity contribution in [2.24, 2.45) is 0 Å². The molecule has 3 nitrogen and oxygen atoms in total. The Labute approximate surface area is 132 Å². The normalized spacial score (nSPS) is 11.8. The third-order valence-corrected chi connectivity index (χ3v) is 3.51. The van der Waals surface area contributed by atoms with Crippen molar-refractivity contribution < 1.29 is 17.9 Å². The average Bonchev–Trinajstić information content (AvgIpc) is 2.80. The number of nitrogens with zero attached hydrogens (tertiary/aromatic N) is 1. The molecule has 1 N–H and O–H groups in total. The zero-order valence-corrected chi connectivity index (χ0v) is 12.7. The van der Waals surface area contributed by atoms with Crippen molar-refractivity contribution in [3.63, 3.8) is 0 Å². The molecule has 0 saturated carbocycles. The van der Waals surface area contributed by atoms with Crippen LogP contribution in [0.15, 0.2) is 46.9 Å². The number of hydrogen-bond donors (Lipinski definition) is 1. The molecule has 0 radical (unpaired) electrons. The van der Waals surface area contributed by atoms with Crippen LogP contribution < -0.4 is 4.74 Å². The second-order valence-corrected chi connectivity index (χ2v) is 5.63. The molecule has 0 amide bonds. The molecule has 0 saturated heterocycles. The average molecular weight is 371 g/mol. The molecule has 0 aliphatic heterocycles. The van der Waals surface area contributed by atoms with Crippen LogP contribution in [0.4, 0.5) is 13.2 Å². The molecule has 0 spiro atoms. The predicted molar refractivity (Wildman–Crippen MR) is 79.7 cm³/mol. The first-order valence-corrected chi connectivity index (χ1v) is 7.17. The Bertz CT molecular complexity index is 797. The van der Waals surface area contributed by atoms with Crippen molar-refractivity contribution in [1.82, 2.24) is 9.97 Å². The first-order chi connectivity index (χ1) is 10.4. The van der Waals surface area contributed by atoms with Gasteiger partial charge in [0.2, 0.25) is 0 Å². The Morgan fingerprint density at radius 1 is 1.09 bits per heavy atom. The van der Waals surface area contributed by atoms with Gasteiger partial charge >= 0.3 is 6.36 Å². The molecule has 114 valence electrons. The summed E-state index contributed by atoms with van der Waals surface area (Å²) in [5.41, 5.74) is 2.59. The highest BCUT2D eigenvalue weighted by Crippen LogP contribution is 2.24. The Balaban J connectivity index is 1.77. The summed E-state index contributed by atoms with van der Waals surface area (Å²) in [4.78, 5) is 7.63. The first kappa shape index (κ1) is 14.9. The van der Waals surface area contributed by atoms with Crippen molar-refractivity contribution in [3.8, 4) is 5.75 Å². The van der Waals surface area contributed by atoms with Gasteiger partial charge in [-0.05, 0) is 35.9 Å². The lowest BCUT2D eigenvalue weighted by Crippen LogP contribution is -2.17. The van der Waals surface area contributed by atoms with Gasteiger partial charge in [0.1, 0.15) is 11.6 Å². The molecule has 0 aliphatic rings. The Kier molecular flexibility index (Phi) is 3.82. The number of aromatic nitrogens is 2. The van der Waals surface area contributed by atoms with Gasteiger partial charge in [-0.2, -0.15) is 0 Å². The second-order valence-electron chi connectivity index (χ2n) is 4.71. The quantitative estimate of drug-likeness (QED) is 0.717. The van der Waals surface area contributed by atoms with Crippen molar-refractivity contribution in [3.05, 3.63) is 58.3 Å². The van der Waals surface area contributed by atoms with E-state index in [9.17, 15) is 13.2 Å². The van der Waals surface area contributed by atoms with Crippen molar-refractivity contribution >= 4 is 27.0 Å². The summed E-state index contributed by atoms with van der Waals surface area (Å²) in [5, 5.41) is 0. The van der Waals surface area contributed by atoms with E-state index in [4.69, 9.17) is 0 Å². The fourth-order valence-electron chi connectivity index (χ4n) is 2.12. The highest BCUT2D eigenvalue weighted by Gasteiger charge is 2.30. The number of imidazole rings is 1. The number of H-pyrrole nitrogens is 1. The van der Waals surface area contributed by atoms with E-state index in [1.165, 1.54) is 12.1 Å². The molecule has 2 aromatic carbocycles. The van der Waals surface area contributed by atoms with E-state index >= 15 is 0 Å². The molecule has 3 aromatic rings. The van der Waals surface area contributed by atoms with Crippen LogP contribution in [0, 0.1) is 0 Å². The second kappa shape index (κ2) is 5.64. The van der Waals surface area contributed by atoms with Gasteiger partial charge in [0.25, 0.3) is 0 Å². The predicted octanol–water partition coefficient (Wildman–Crippen LogP) is 4.81. The Morgan fingerprint density at radius 3 is 2.50 bits per heavy atom. The van der Waals surface area contributed by atoms with Crippen LogP contribution in [0.2, 0.25) is 0 Å². The standard InChI is InChI=1S/C15H10BrF3N2O/c16-10-3-6-12-13(8-10)21-14(20-12)7-9-1-4-11(5-2-9)22-15(17,18)19/h1-6,8H,7H2,(H,20,21). The van der Waals surface area contributed by atoms with Gasteiger partial charge in [0.15, 0.2) is 0 Å². The van der Waals surface area contributed by atoms with Gasteiger partial charge in [0, 0.05) is 10.9 Å². The molecule has 1 heterocycles. The van der Waals surface area contributed by atoms with Gasteiger partial charge in [-0.3, -0.25) is 0 Å². The molecule has 0 unspecified atom stereocenters. The maximum absolute atomic E-state index is 12.1. The highest BCUT2D eigenvalue weighted by molar-refractivity contribution is 9.10. The molecular weight excluding hydrogens is 361 g/mol. The number of hydrogen-bond acceptors (Lipinski definition) is 2. The fourth-order valence-corrected chi connectivity index (χ4v) is 2.48. The van der Waals surface area contributed by atoms with E-state index in [1.807, 2.05) is 18.2 Å². The van der Waals surface area contributed by atoms with Crippen LogP contribution in [-0.4, -0.2) is 16.3 Å². The van der Waals surface area contributed by atoms with Crippen LogP contribution in [0.1, 0.15) is 11.4 Å². The molecule has 0 aliphatic carbocycles. The Morgan fingerprint density at radius 2 is 1.82 bits per heavy atom. The lowest BCUT2D eigenvalue weighted by Gasteiger charge is -2.08. The molecule has 0 fully saturated rings. The van der Waals surface area contributed by atoms with E-state index in [2.05, 4.69) is 30.6 Å². The zero-order valence-electron chi connectivity index (χ0n) is 11.1. The SMILES string of the molecule is FC(F)(F)Oc1ccc(Cc2nc3ccc(Br)cc3[nH]2)cc1. The summed E-state index contributed by atoms with van der Waals surface area (Å²) in [6.45, 7) is 0. The summed E-state index contributed by atoms with van der Waals surface area (Å²) in [5.74, 6) is 0.516. The van der Waals surface area contributed by atoms with Crippen molar-refractivity contribution in [2.45, 2.75) is 12.8 Å². The van der Waals surface area contributed by atoms with Crippen LogP contribution in [-0.2, 0) is 6.42 Å². The smallest absolute Gasteiger partial charge is 0.406 e. The third-order valence-electron chi connectivity index (χ3n) is 3.02. The minimum atomic E-state index is -4.67. The number of ether oxygens (including phenoxy) is 1. The van der Waals surface area contributed by atoms with Gasteiger partial charge in [-0.15, -0.1) is 13.2 Å². The topological polar surface area (TPSA) is 37.9 Å². The maximum atomic E-state index is 12.1. The lowest BCUT2D eigenvalue weighted by atomic mass is 10.1. The largest absolute Gasteiger partial charge is 0.573 e. The third kappa shape index (κ3) is 3.59. The van der Waals surface area contributed by atoms with Gasteiger partial charge in [-0.1, -0.05) is 28.1 Å². The molecule has 1 aromatic heterocycles. The number of fused-ring (bicyclic) bond motifs is 1. The lowest BCUT2D eigenvalue weighted by molar-refractivity contribution is -0.274. The summed E-state index contributed by atoms with van der Waals surface area (Å²) < 4.78 is 41.1. The van der Waals surface area contributed by atoms with Gasteiger partial charge < -0.3 is 9.72 Å². The van der Waals surface area contributed by atoms with Crippen LogP contribution >= 0.6 is 15.9 Å². The van der Waals surface area contributed by atoms with Crippen LogP contribution in [0.25, 0.3) is 11.0 Å². The molecule has 3 rings (SSSR count). The minimum Gasteiger partial charge on any atom is -0.406 e. The first-order valence-electron chi connectivity index (χ1n) is 6.38. The van der Waals surface area contributed by atoms with E-state index in [0.29, 0.717) is 6.42 Å². The van der Waals surface area contributed by atoms with Gasteiger partial charge in [-0.25, -0.2) is 4.98 Å². The van der Waals surface area contributed by atoms with Gasteiger partial charge in [0.05, 0.1) is 11.0 Å². The highest BCUT2D eigenvalue weighted by atomic mass is 79.9. The molecule has 22 heavy (non-hydrogen) atoms. The summed E-state index contributed by atoms with van der Waals surface area (Å²) in [6, 6.07) is 11.5. The summed E-state index contributed by atoms with van der Waals surface area (Å²) in [6.07, 6.45) is -4.17. The fraction of sp³-hybridized carbons (Fsp3) is 0.133. The molecular formula is C15H10BrF3N2O. The molecule has 7 heteroatoms. The monoisotopic (exact) mass is 370 g/mol. The number of aromatic amines is 1. The number of alkyl halides is 3. The van der Waals surface area contributed by atoms with Crippen molar-refractivity contribution in [1.29, 1.82) is 0 Å². The Hall–Kier alpha value is -2.02. The number of nitrogens with one attached hydrogen (secondary N) is 1.